The predicted molar refractivity (Wildman–Crippen MR) is 69.1 cm³/mol. The lowest BCUT2D eigenvalue weighted by Gasteiger charge is -2.06. The van der Waals surface area contributed by atoms with Gasteiger partial charge in [-0.3, -0.25) is 4.79 Å². The summed E-state index contributed by atoms with van der Waals surface area (Å²) in [4.78, 5) is 19.4. The highest BCUT2D eigenvalue weighted by Crippen LogP contribution is 2.20. The summed E-state index contributed by atoms with van der Waals surface area (Å²) < 4.78 is 27.2. The van der Waals surface area contributed by atoms with Crippen LogP contribution in [-0.2, 0) is 0 Å². The lowest BCUT2D eigenvalue weighted by atomic mass is 10.2. The number of halogens is 4. The molecule has 0 fully saturated rings. The largest absolute Gasteiger partial charge is 0.305 e. The molecule has 1 heterocycles. The second-order valence-electron chi connectivity index (χ2n) is 3.42. The van der Waals surface area contributed by atoms with Crippen molar-refractivity contribution in [3.63, 3.8) is 0 Å². The molecule has 1 aromatic heterocycles. The van der Waals surface area contributed by atoms with Gasteiger partial charge in [-0.25, -0.2) is 18.7 Å². The lowest BCUT2D eigenvalue weighted by Crippen LogP contribution is -2.15. The molecule has 0 saturated heterocycles. The van der Waals surface area contributed by atoms with Gasteiger partial charge in [0.15, 0.2) is 5.82 Å². The molecule has 2 rings (SSSR count). The smallest absolute Gasteiger partial charge is 0.259 e. The Kier molecular flexibility index (Phi) is 4.06. The Labute approximate surface area is 120 Å². The molecule has 2 aromatic rings. The highest BCUT2D eigenvalue weighted by molar-refractivity contribution is 9.10. The van der Waals surface area contributed by atoms with Gasteiger partial charge in [0, 0.05) is 0 Å². The predicted octanol–water partition coefficient (Wildman–Crippen LogP) is 3.42. The molecular formula is C11H5BrClF2N3O. The van der Waals surface area contributed by atoms with E-state index < -0.39 is 28.1 Å². The molecule has 8 heteroatoms. The molecule has 0 aliphatic carbocycles. The van der Waals surface area contributed by atoms with Crippen LogP contribution in [-0.4, -0.2) is 15.9 Å². The van der Waals surface area contributed by atoms with E-state index in [-0.39, 0.29) is 5.82 Å². The summed E-state index contributed by atoms with van der Waals surface area (Å²) >= 11 is 8.47. The van der Waals surface area contributed by atoms with Crippen LogP contribution in [0.3, 0.4) is 0 Å². The van der Waals surface area contributed by atoms with Gasteiger partial charge in [0.25, 0.3) is 5.91 Å². The van der Waals surface area contributed by atoms with E-state index in [2.05, 4.69) is 31.2 Å². The quantitative estimate of drug-likeness (QED) is 0.846. The third-order valence-electron chi connectivity index (χ3n) is 2.12. The lowest BCUT2D eigenvalue weighted by molar-refractivity contribution is 0.102. The molecule has 1 N–H and O–H groups in total. The summed E-state index contributed by atoms with van der Waals surface area (Å²) in [6, 6.07) is 1.46. The number of rotatable bonds is 2. The van der Waals surface area contributed by atoms with Crippen molar-refractivity contribution in [1.82, 2.24) is 9.97 Å². The average molecular weight is 349 g/mol. The maximum Gasteiger partial charge on any atom is 0.259 e. The molecule has 0 aliphatic heterocycles. The Hall–Kier alpha value is -1.60. The summed E-state index contributed by atoms with van der Waals surface area (Å²) in [6.45, 7) is 0. The number of hydrogen-bond donors (Lipinski definition) is 1. The topological polar surface area (TPSA) is 54.9 Å². The van der Waals surface area contributed by atoms with Crippen LogP contribution in [0.25, 0.3) is 0 Å². The zero-order chi connectivity index (χ0) is 14.0. The third-order valence-corrected chi connectivity index (χ3v) is 2.82. The van der Waals surface area contributed by atoms with Gasteiger partial charge in [-0.1, -0.05) is 11.6 Å². The molecule has 4 nitrogen and oxygen atoms in total. The Morgan fingerprint density at radius 1 is 1.21 bits per heavy atom. The molecule has 1 aromatic carbocycles. The van der Waals surface area contributed by atoms with Crippen LogP contribution in [0.1, 0.15) is 10.4 Å². The Morgan fingerprint density at radius 3 is 2.58 bits per heavy atom. The first-order valence-corrected chi connectivity index (χ1v) is 6.08. The van der Waals surface area contributed by atoms with Gasteiger partial charge in [0.2, 0.25) is 0 Å². The molecule has 0 bridgehead atoms. The first kappa shape index (κ1) is 13.8. The van der Waals surface area contributed by atoms with Crippen molar-refractivity contribution in [2.24, 2.45) is 0 Å². The standard InChI is InChI=1S/C11H5BrClF2N3O/c12-9-3-17-10(4-16-9)18-11(19)5-1-8(15)6(13)2-7(5)14/h1-4H,(H,17,18,19). The number of hydrogen-bond acceptors (Lipinski definition) is 3. The first-order valence-electron chi connectivity index (χ1n) is 4.91. The second-order valence-corrected chi connectivity index (χ2v) is 4.64. The minimum Gasteiger partial charge on any atom is -0.305 e. The minimum absolute atomic E-state index is 0.114. The summed E-state index contributed by atoms with van der Waals surface area (Å²) in [5.41, 5.74) is -0.466. The Balaban J connectivity index is 2.25. The van der Waals surface area contributed by atoms with E-state index in [9.17, 15) is 13.6 Å². The van der Waals surface area contributed by atoms with Crippen LogP contribution < -0.4 is 5.32 Å². The zero-order valence-electron chi connectivity index (χ0n) is 9.12. The van der Waals surface area contributed by atoms with E-state index >= 15 is 0 Å². The van der Waals surface area contributed by atoms with E-state index in [0.717, 1.165) is 12.1 Å². The van der Waals surface area contributed by atoms with Gasteiger partial charge in [0.1, 0.15) is 16.2 Å². The van der Waals surface area contributed by atoms with E-state index in [1.807, 2.05) is 0 Å². The molecule has 1 amide bonds. The third kappa shape index (κ3) is 3.24. The van der Waals surface area contributed by atoms with Crippen LogP contribution in [0.15, 0.2) is 29.1 Å². The number of anilines is 1. The molecule has 98 valence electrons. The first-order chi connectivity index (χ1) is 8.97. The van der Waals surface area contributed by atoms with Gasteiger partial charge in [-0.05, 0) is 28.1 Å². The maximum absolute atomic E-state index is 13.5. The van der Waals surface area contributed by atoms with Crippen LogP contribution in [0.4, 0.5) is 14.6 Å². The number of benzene rings is 1. The molecule has 0 unspecified atom stereocenters. The van der Waals surface area contributed by atoms with Gasteiger partial charge < -0.3 is 5.32 Å². The van der Waals surface area contributed by atoms with Crippen LogP contribution in [0.2, 0.25) is 5.02 Å². The number of carbonyl (C=O) groups excluding carboxylic acids is 1. The highest BCUT2D eigenvalue weighted by atomic mass is 79.9. The molecule has 0 spiro atoms. The average Bonchev–Trinajstić information content (AvgIpc) is 2.36. The van der Waals surface area contributed by atoms with Crippen molar-refractivity contribution in [2.75, 3.05) is 5.32 Å². The summed E-state index contributed by atoms with van der Waals surface area (Å²) in [5, 5.41) is 1.90. The van der Waals surface area contributed by atoms with Gasteiger partial charge in [-0.2, -0.15) is 0 Å². The van der Waals surface area contributed by atoms with E-state index in [1.54, 1.807) is 0 Å². The van der Waals surface area contributed by atoms with Gasteiger partial charge in [-0.15, -0.1) is 0 Å². The minimum atomic E-state index is -0.922. The van der Waals surface area contributed by atoms with Crippen LogP contribution in [0, 0.1) is 11.6 Å². The molecule has 0 atom stereocenters. The summed E-state index contributed by atoms with van der Waals surface area (Å²) in [7, 11) is 0. The fraction of sp³-hybridized carbons (Fsp3) is 0. The molecule has 0 aliphatic rings. The van der Waals surface area contributed by atoms with Crippen molar-refractivity contribution >= 4 is 39.3 Å². The number of carbonyl (C=O) groups is 1. The van der Waals surface area contributed by atoms with Crippen molar-refractivity contribution in [3.8, 4) is 0 Å². The maximum atomic E-state index is 13.5. The van der Waals surface area contributed by atoms with E-state index in [1.165, 1.54) is 12.4 Å². The molecule has 0 saturated carbocycles. The monoisotopic (exact) mass is 347 g/mol. The molecule has 19 heavy (non-hydrogen) atoms. The Morgan fingerprint density at radius 2 is 1.95 bits per heavy atom. The SMILES string of the molecule is O=C(Nc1cnc(Br)cn1)c1cc(F)c(Cl)cc1F. The highest BCUT2D eigenvalue weighted by Gasteiger charge is 2.16. The van der Waals surface area contributed by atoms with E-state index in [0.29, 0.717) is 4.60 Å². The van der Waals surface area contributed by atoms with Crippen LogP contribution >= 0.6 is 27.5 Å². The molecule has 0 radical (unpaired) electrons. The van der Waals surface area contributed by atoms with Crippen LogP contribution in [0.5, 0.6) is 0 Å². The summed E-state index contributed by atoms with van der Waals surface area (Å²) in [6.07, 6.45) is 2.63. The second kappa shape index (κ2) is 5.58. The number of nitrogens with one attached hydrogen (secondary N) is 1. The van der Waals surface area contributed by atoms with Crippen molar-refractivity contribution < 1.29 is 13.6 Å². The fourth-order valence-electron chi connectivity index (χ4n) is 1.26. The summed E-state index contributed by atoms with van der Waals surface area (Å²) in [5.74, 6) is -2.53. The van der Waals surface area contributed by atoms with Gasteiger partial charge >= 0.3 is 0 Å². The zero-order valence-corrected chi connectivity index (χ0v) is 11.5. The fourth-order valence-corrected chi connectivity index (χ4v) is 1.61. The number of nitrogens with zero attached hydrogens (tertiary/aromatic N) is 2. The normalized spacial score (nSPS) is 10.3. The van der Waals surface area contributed by atoms with Crippen molar-refractivity contribution in [2.45, 2.75) is 0 Å². The number of aromatic nitrogens is 2. The van der Waals surface area contributed by atoms with Crippen molar-refractivity contribution in [1.29, 1.82) is 0 Å². The number of amides is 1. The van der Waals surface area contributed by atoms with Gasteiger partial charge in [0.05, 0.1) is 23.0 Å². The Bertz CT molecular complexity index is 637. The van der Waals surface area contributed by atoms with Crippen molar-refractivity contribution in [3.05, 3.63) is 51.4 Å². The van der Waals surface area contributed by atoms with E-state index in [4.69, 9.17) is 11.6 Å². The molecular weight excluding hydrogens is 343 g/mol.